The third-order valence-corrected chi connectivity index (χ3v) is 4.82. The topological polar surface area (TPSA) is 53.6 Å². The molecule has 0 bridgehead atoms. The predicted molar refractivity (Wildman–Crippen MR) is 109 cm³/mol. The molecular weight excluding hydrogens is 411 g/mol. The van der Waals surface area contributed by atoms with E-state index in [1.54, 1.807) is 0 Å². The summed E-state index contributed by atoms with van der Waals surface area (Å²) in [5.74, 6) is -3.17. The normalized spacial score (nSPS) is 26.8. The molecule has 2 aliphatic rings. The van der Waals surface area contributed by atoms with E-state index in [2.05, 4.69) is 29.4 Å². The van der Waals surface area contributed by atoms with Crippen LogP contribution in [0.3, 0.4) is 0 Å². The number of hydrogen-bond donors (Lipinski definition) is 2. The van der Waals surface area contributed by atoms with Crippen LogP contribution in [0.4, 0.5) is 8.78 Å². The fraction of sp³-hybridized carbons (Fsp3) is 0.632. The molecule has 0 aromatic heterocycles. The van der Waals surface area contributed by atoms with Crippen LogP contribution in [0, 0.1) is 0 Å². The maximum atomic E-state index is 13.1. The van der Waals surface area contributed by atoms with Gasteiger partial charge in [0.15, 0.2) is 0 Å². The van der Waals surface area contributed by atoms with Crippen LogP contribution < -0.4 is 10.6 Å². The summed E-state index contributed by atoms with van der Waals surface area (Å²) >= 11 is 0. The highest BCUT2D eigenvalue weighted by Gasteiger charge is 2.42. The number of carbonyl (C=O) groups excluding carboxylic acids is 1. The minimum atomic E-state index is -2.79. The van der Waals surface area contributed by atoms with Gasteiger partial charge in [0.05, 0.1) is 24.8 Å². The second kappa shape index (κ2) is 10.7. The van der Waals surface area contributed by atoms with Crippen LogP contribution >= 0.6 is 24.8 Å². The number of rotatable bonds is 5. The molecule has 0 saturated carbocycles. The molecule has 1 aromatic rings. The van der Waals surface area contributed by atoms with Crippen molar-refractivity contribution in [3.8, 4) is 0 Å². The quantitative estimate of drug-likeness (QED) is 0.740. The van der Waals surface area contributed by atoms with Crippen molar-refractivity contribution in [2.45, 2.75) is 57.5 Å². The van der Waals surface area contributed by atoms with Gasteiger partial charge in [-0.3, -0.25) is 15.0 Å². The zero-order valence-electron chi connectivity index (χ0n) is 16.1. The highest BCUT2D eigenvalue weighted by atomic mass is 35.5. The third-order valence-electron chi connectivity index (χ3n) is 4.82. The van der Waals surface area contributed by atoms with Crippen LogP contribution in [-0.2, 0) is 22.6 Å². The Morgan fingerprint density at radius 2 is 1.75 bits per heavy atom. The number of nitrogens with one attached hydrogen (secondary N) is 2. The third kappa shape index (κ3) is 7.12. The van der Waals surface area contributed by atoms with E-state index in [-0.39, 0.29) is 42.9 Å². The number of hydrogen-bond acceptors (Lipinski definition) is 4. The molecule has 160 valence electrons. The molecule has 2 N–H and O–H groups in total. The molecule has 3 unspecified atom stereocenters. The Labute approximate surface area is 177 Å². The van der Waals surface area contributed by atoms with E-state index in [0.717, 1.165) is 25.2 Å². The van der Waals surface area contributed by atoms with Crippen molar-refractivity contribution in [1.29, 1.82) is 0 Å². The number of halogens is 4. The zero-order valence-corrected chi connectivity index (χ0v) is 17.8. The monoisotopic (exact) mass is 439 g/mol. The molecule has 2 saturated heterocycles. The van der Waals surface area contributed by atoms with E-state index in [1.165, 1.54) is 5.56 Å². The standard InChI is InChI=1S/C19H27F2N3O2.2ClH/c1-13-9-24(10-14(2)26-13)11-16-5-3-15(4-6-16)8-22-18(25)17-7-19(20,21)12-23-17;;/h3-6,13-14,17,23H,7-12H2,1-2H3,(H,22,25);2*1H. The molecule has 2 aliphatic heterocycles. The molecule has 0 radical (unpaired) electrons. The van der Waals surface area contributed by atoms with E-state index in [4.69, 9.17) is 4.74 Å². The molecule has 1 amide bonds. The molecule has 2 fully saturated rings. The van der Waals surface area contributed by atoms with Gasteiger partial charge < -0.3 is 10.1 Å². The van der Waals surface area contributed by atoms with Crippen LogP contribution in [-0.4, -0.2) is 54.6 Å². The maximum absolute atomic E-state index is 13.1. The molecule has 3 atom stereocenters. The van der Waals surface area contributed by atoms with Gasteiger partial charge in [-0.1, -0.05) is 24.3 Å². The Balaban J connectivity index is 0.00000196. The Hall–Kier alpha value is -0.990. The van der Waals surface area contributed by atoms with Gasteiger partial charge in [-0.2, -0.15) is 0 Å². The lowest BCUT2D eigenvalue weighted by Gasteiger charge is -2.35. The van der Waals surface area contributed by atoms with Crippen molar-refractivity contribution in [1.82, 2.24) is 15.5 Å². The average Bonchev–Trinajstić information content (AvgIpc) is 2.93. The van der Waals surface area contributed by atoms with Crippen LogP contribution in [0.1, 0.15) is 31.4 Å². The molecule has 28 heavy (non-hydrogen) atoms. The lowest BCUT2D eigenvalue weighted by atomic mass is 10.1. The Bertz CT molecular complexity index is 624. The summed E-state index contributed by atoms with van der Waals surface area (Å²) in [6.45, 7) is 6.79. The van der Waals surface area contributed by atoms with E-state index in [1.807, 2.05) is 24.3 Å². The van der Waals surface area contributed by atoms with Gasteiger partial charge in [-0.15, -0.1) is 24.8 Å². The average molecular weight is 440 g/mol. The van der Waals surface area contributed by atoms with Crippen molar-refractivity contribution in [2.24, 2.45) is 0 Å². The lowest BCUT2D eigenvalue weighted by molar-refractivity contribution is -0.123. The molecular formula is C19H29Cl2F2N3O2. The summed E-state index contributed by atoms with van der Waals surface area (Å²) in [6.07, 6.45) is 0.0448. The summed E-state index contributed by atoms with van der Waals surface area (Å²) in [7, 11) is 0. The number of benzene rings is 1. The van der Waals surface area contributed by atoms with Crippen LogP contribution in [0.25, 0.3) is 0 Å². The molecule has 2 heterocycles. The van der Waals surface area contributed by atoms with Gasteiger partial charge >= 0.3 is 0 Å². The van der Waals surface area contributed by atoms with Crippen molar-refractivity contribution in [2.75, 3.05) is 19.6 Å². The molecule has 0 spiro atoms. The van der Waals surface area contributed by atoms with Gasteiger partial charge in [-0.05, 0) is 25.0 Å². The van der Waals surface area contributed by atoms with Crippen molar-refractivity contribution in [3.05, 3.63) is 35.4 Å². The highest BCUT2D eigenvalue weighted by molar-refractivity contribution is 5.85. The Morgan fingerprint density at radius 3 is 2.29 bits per heavy atom. The zero-order chi connectivity index (χ0) is 18.7. The van der Waals surface area contributed by atoms with Crippen LogP contribution in [0.5, 0.6) is 0 Å². The van der Waals surface area contributed by atoms with Crippen molar-refractivity contribution in [3.63, 3.8) is 0 Å². The first-order valence-corrected chi connectivity index (χ1v) is 9.15. The first-order valence-electron chi connectivity index (χ1n) is 9.15. The highest BCUT2D eigenvalue weighted by Crippen LogP contribution is 2.25. The van der Waals surface area contributed by atoms with Crippen molar-refractivity contribution < 1.29 is 18.3 Å². The summed E-state index contributed by atoms with van der Waals surface area (Å²) in [5.41, 5.74) is 2.16. The number of amides is 1. The number of alkyl halides is 2. The van der Waals surface area contributed by atoms with Crippen molar-refractivity contribution >= 4 is 30.7 Å². The molecule has 1 aromatic carbocycles. The first-order chi connectivity index (χ1) is 12.3. The van der Waals surface area contributed by atoms with E-state index >= 15 is 0 Å². The van der Waals surface area contributed by atoms with Crippen LogP contribution in [0.15, 0.2) is 24.3 Å². The SMILES string of the molecule is CC1CN(Cc2ccc(CNC(=O)C3CC(F)(F)CN3)cc2)CC(C)O1.Cl.Cl. The van der Waals surface area contributed by atoms with Gasteiger partial charge in [-0.25, -0.2) is 8.78 Å². The second-order valence-corrected chi connectivity index (χ2v) is 7.48. The summed E-state index contributed by atoms with van der Waals surface area (Å²) in [5, 5.41) is 5.30. The number of nitrogens with zero attached hydrogens (tertiary/aromatic N) is 1. The molecule has 9 heteroatoms. The number of carbonyl (C=O) groups is 1. The largest absolute Gasteiger partial charge is 0.373 e. The van der Waals surface area contributed by atoms with Crippen LogP contribution in [0.2, 0.25) is 0 Å². The molecule has 0 aliphatic carbocycles. The summed E-state index contributed by atoms with van der Waals surface area (Å²) in [4.78, 5) is 14.3. The summed E-state index contributed by atoms with van der Waals surface area (Å²) < 4.78 is 32.0. The van der Waals surface area contributed by atoms with Gasteiger partial charge in [0.2, 0.25) is 5.91 Å². The minimum Gasteiger partial charge on any atom is -0.373 e. The number of morpholine rings is 1. The predicted octanol–water partition coefficient (Wildman–Crippen LogP) is 2.75. The fourth-order valence-electron chi connectivity index (χ4n) is 3.65. The molecule has 3 rings (SSSR count). The van der Waals surface area contributed by atoms with E-state index in [0.29, 0.717) is 6.54 Å². The fourth-order valence-corrected chi connectivity index (χ4v) is 3.65. The Kier molecular flexibility index (Phi) is 9.56. The van der Waals surface area contributed by atoms with E-state index < -0.39 is 24.9 Å². The lowest BCUT2D eigenvalue weighted by Crippen LogP contribution is -2.44. The Morgan fingerprint density at radius 1 is 1.18 bits per heavy atom. The van der Waals surface area contributed by atoms with Gasteiger partial charge in [0.25, 0.3) is 5.92 Å². The maximum Gasteiger partial charge on any atom is 0.262 e. The van der Waals surface area contributed by atoms with Gasteiger partial charge in [0.1, 0.15) is 0 Å². The molecule has 5 nitrogen and oxygen atoms in total. The minimum absolute atomic E-state index is 0. The second-order valence-electron chi connectivity index (χ2n) is 7.48. The number of ether oxygens (including phenoxy) is 1. The summed E-state index contributed by atoms with van der Waals surface area (Å²) in [6, 6.07) is 7.23. The smallest absolute Gasteiger partial charge is 0.262 e. The van der Waals surface area contributed by atoms with Gasteiger partial charge in [0, 0.05) is 32.6 Å². The first kappa shape index (κ1) is 25.0. The van der Waals surface area contributed by atoms with E-state index in [9.17, 15) is 13.6 Å².